The van der Waals surface area contributed by atoms with Crippen molar-refractivity contribution in [3.05, 3.63) is 40.4 Å². The number of aromatic amines is 1. The maximum atomic E-state index is 12.0. The SMILES string of the molecule is O=S(=O)(NCc1ncn[nH]1)c1c(Cl)cccc1Cl. The lowest BCUT2D eigenvalue weighted by Gasteiger charge is -2.08. The average Bonchev–Trinajstić information content (AvgIpc) is 2.78. The van der Waals surface area contributed by atoms with E-state index in [1.807, 2.05) is 0 Å². The van der Waals surface area contributed by atoms with Crippen molar-refractivity contribution >= 4 is 33.2 Å². The van der Waals surface area contributed by atoms with Gasteiger partial charge < -0.3 is 0 Å². The van der Waals surface area contributed by atoms with E-state index in [4.69, 9.17) is 23.2 Å². The van der Waals surface area contributed by atoms with E-state index in [9.17, 15) is 8.42 Å². The topological polar surface area (TPSA) is 87.7 Å². The lowest BCUT2D eigenvalue weighted by atomic mass is 10.4. The van der Waals surface area contributed by atoms with Crippen LogP contribution in [0.4, 0.5) is 0 Å². The molecule has 0 bridgehead atoms. The lowest BCUT2D eigenvalue weighted by molar-refractivity contribution is 0.579. The number of sulfonamides is 1. The van der Waals surface area contributed by atoms with Crippen molar-refractivity contribution in [1.82, 2.24) is 19.9 Å². The average molecular weight is 307 g/mol. The Morgan fingerprint density at radius 1 is 1.28 bits per heavy atom. The van der Waals surface area contributed by atoms with Crippen molar-refractivity contribution in [3.63, 3.8) is 0 Å². The van der Waals surface area contributed by atoms with E-state index in [2.05, 4.69) is 19.9 Å². The number of rotatable bonds is 4. The van der Waals surface area contributed by atoms with Gasteiger partial charge in [0.25, 0.3) is 0 Å². The lowest BCUT2D eigenvalue weighted by Crippen LogP contribution is -2.24. The van der Waals surface area contributed by atoms with Crippen LogP contribution >= 0.6 is 23.2 Å². The van der Waals surface area contributed by atoms with E-state index < -0.39 is 10.0 Å². The second-order valence-electron chi connectivity index (χ2n) is 3.31. The van der Waals surface area contributed by atoms with Crippen LogP contribution in [0.3, 0.4) is 0 Å². The molecule has 0 amide bonds. The predicted octanol–water partition coefficient (Wildman–Crippen LogP) is 1.59. The third kappa shape index (κ3) is 2.81. The molecule has 2 aromatic rings. The van der Waals surface area contributed by atoms with Crippen LogP contribution in [-0.2, 0) is 16.6 Å². The van der Waals surface area contributed by atoms with Crippen molar-refractivity contribution in [3.8, 4) is 0 Å². The Morgan fingerprint density at radius 3 is 2.50 bits per heavy atom. The summed E-state index contributed by atoms with van der Waals surface area (Å²) < 4.78 is 26.4. The van der Waals surface area contributed by atoms with Crippen molar-refractivity contribution in [2.75, 3.05) is 0 Å². The van der Waals surface area contributed by atoms with Gasteiger partial charge in [0.2, 0.25) is 10.0 Å². The third-order valence-electron chi connectivity index (χ3n) is 2.08. The number of hydrogen-bond acceptors (Lipinski definition) is 4. The Morgan fingerprint density at radius 2 is 1.94 bits per heavy atom. The fourth-order valence-corrected chi connectivity index (χ4v) is 3.42. The minimum absolute atomic E-state index is 0.0239. The molecular formula is C9H8Cl2N4O2S. The van der Waals surface area contributed by atoms with Crippen LogP contribution in [0.25, 0.3) is 0 Å². The number of H-pyrrole nitrogens is 1. The zero-order chi connectivity index (χ0) is 13.2. The van der Waals surface area contributed by atoms with Crippen molar-refractivity contribution in [1.29, 1.82) is 0 Å². The maximum absolute atomic E-state index is 12.0. The number of halogens is 2. The molecule has 18 heavy (non-hydrogen) atoms. The van der Waals surface area contributed by atoms with Gasteiger partial charge in [0, 0.05) is 0 Å². The zero-order valence-electron chi connectivity index (χ0n) is 8.89. The highest BCUT2D eigenvalue weighted by molar-refractivity contribution is 7.89. The van der Waals surface area contributed by atoms with E-state index in [0.717, 1.165) is 0 Å². The fraction of sp³-hybridized carbons (Fsp3) is 0.111. The molecule has 0 spiro atoms. The van der Waals surface area contributed by atoms with E-state index in [1.165, 1.54) is 18.5 Å². The first kappa shape index (κ1) is 13.3. The molecular weight excluding hydrogens is 299 g/mol. The van der Waals surface area contributed by atoms with Gasteiger partial charge in [-0.1, -0.05) is 29.3 Å². The van der Waals surface area contributed by atoms with E-state index in [-0.39, 0.29) is 21.5 Å². The Labute approximate surface area is 113 Å². The fourth-order valence-electron chi connectivity index (χ4n) is 1.29. The Balaban J connectivity index is 2.26. The number of hydrogen-bond donors (Lipinski definition) is 2. The molecule has 2 rings (SSSR count). The van der Waals surface area contributed by atoms with Crippen LogP contribution < -0.4 is 4.72 Å². The number of nitrogens with one attached hydrogen (secondary N) is 2. The summed E-state index contributed by atoms with van der Waals surface area (Å²) in [4.78, 5) is 3.65. The van der Waals surface area contributed by atoms with Crippen LogP contribution in [0.2, 0.25) is 10.0 Å². The summed E-state index contributed by atoms with van der Waals surface area (Å²) in [5.74, 6) is 0.391. The highest BCUT2D eigenvalue weighted by Crippen LogP contribution is 2.28. The van der Waals surface area contributed by atoms with E-state index >= 15 is 0 Å². The molecule has 0 aliphatic heterocycles. The molecule has 1 aromatic heterocycles. The molecule has 96 valence electrons. The molecule has 9 heteroatoms. The highest BCUT2D eigenvalue weighted by Gasteiger charge is 2.21. The summed E-state index contributed by atoms with van der Waals surface area (Å²) in [5.41, 5.74) is 0. The molecule has 1 heterocycles. The minimum Gasteiger partial charge on any atom is -0.262 e. The summed E-state index contributed by atoms with van der Waals surface area (Å²) in [5, 5.41) is 6.27. The molecule has 0 aliphatic rings. The van der Waals surface area contributed by atoms with Crippen LogP contribution in [0.15, 0.2) is 29.4 Å². The summed E-state index contributed by atoms with van der Waals surface area (Å²) in [6, 6.07) is 4.48. The van der Waals surface area contributed by atoms with Gasteiger partial charge in [-0.05, 0) is 12.1 Å². The summed E-state index contributed by atoms with van der Waals surface area (Å²) in [6.45, 7) is -0.0239. The molecule has 0 atom stereocenters. The first-order chi connectivity index (χ1) is 8.50. The van der Waals surface area contributed by atoms with E-state index in [0.29, 0.717) is 5.82 Å². The molecule has 6 nitrogen and oxygen atoms in total. The molecule has 0 aliphatic carbocycles. The van der Waals surface area contributed by atoms with Gasteiger partial charge in [-0.3, -0.25) is 5.10 Å². The Hall–Kier alpha value is -1.15. The molecule has 0 saturated heterocycles. The number of aromatic nitrogens is 3. The summed E-state index contributed by atoms with van der Waals surface area (Å²) in [6.07, 6.45) is 1.28. The predicted molar refractivity (Wildman–Crippen MR) is 66.9 cm³/mol. The van der Waals surface area contributed by atoms with Crippen molar-refractivity contribution in [2.45, 2.75) is 11.4 Å². The molecule has 0 fully saturated rings. The van der Waals surface area contributed by atoms with Gasteiger partial charge in [0.05, 0.1) is 16.6 Å². The molecule has 0 saturated carbocycles. The van der Waals surface area contributed by atoms with Gasteiger partial charge in [0.15, 0.2) is 0 Å². The van der Waals surface area contributed by atoms with Crippen LogP contribution in [0, 0.1) is 0 Å². The minimum atomic E-state index is -3.80. The second-order valence-corrected chi connectivity index (χ2v) is 5.83. The van der Waals surface area contributed by atoms with Crippen LogP contribution in [0.1, 0.15) is 5.82 Å². The molecule has 2 N–H and O–H groups in total. The molecule has 1 aromatic carbocycles. The largest absolute Gasteiger partial charge is 0.262 e. The Bertz CT molecular complexity index is 622. The van der Waals surface area contributed by atoms with Gasteiger partial charge in [-0.2, -0.15) is 5.10 Å². The Kier molecular flexibility index (Phi) is 3.86. The first-order valence-corrected chi connectivity index (χ1v) is 7.02. The van der Waals surface area contributed by atoms with Crippen LogP contribution in [-0.4, -0.2) is 23.6 Å². The van der Waals surface area contributed by atoms with Gasteiger partial charge in [0.1, 0.15) is 17.0 Å². The summed E-state index contributed by atoms with van der Waals surface area (Å²) in [7, 11) is -3.80. The zero-order valence-corrected chi connectivity index (χ0v) is 11.2. The van der Waals surface area contributed by atoms with Gasteiger partial charge in [-0.15, -0.1) is 0 Å². The highest BCUT2D eigenvalue weighted by atomic mass is 35.5. The third-order valence-corrected chi connectivity index (χ3v) is 4.44. The van der Waals surface area contributed by atoms with Crippen molar-refractivity contribution in [2.24, 2.45) is 0 Å². The second kappa shape index (κ2) is 5.23. The van der Waals surface area contributed by atoms with Crippen LogP contribution in [0.5, 0.6) is 0 Å². The monoisotopic (exact) mass is 306 g/mol. The molecule has 0 unspecified atom stereocenters. The quantitative estimate of drug-likeness (QED) is 0.898. The molecule has 0 radical (unpaired) electrons. The van der Waals surface area contributed by atoms with Gasteiger partial charge in [-0.25, -0.2) is 18.1 Å². The maximum Gasteiger partial charge on any atom is 0.243 e. The summed E-state index contributed by atoms with van der Waals surface area (Å²) >= 11 is 11.7. The smallest absolute Gasteiger partial charge is 0.243 e. The van der Waals surface area contributed by atoms with E-state index in [1.54, 1.807) is 6.07 Å². The van der Waals surface area contributed by atoms with Gasteiger partial charge >= 0.3 is 0 Å². The number of benzene rings is 1. The van der Waals surface area contributed by atoms with Crippen molar-refractivity contribution < 1.29 is 8.42 Å². The standard InChI is InChI=1S/C9H8Cl2N4O2S/c10-6-2-1-3-7(11)9(6)18(16,17)14-4-8-12-5-13-15-8/h1-3,5,14H,4H2,(H,12,13,15). The first-order valence-electron chi connectivity index (χ1n) is 4.78. The number of nitrogens with zero attached hydrogens (tertiary/aromatic N) is 2. The normalized spacial score (nSPS) is 11.7.